The lowest BCUT2D eigenvalue weighted by atomic mass is 9.84. The van der Waals surface area contributed by atoms with Gasteiger partial charge in [-0.1, -0.05) is 59.6 Å². The third-order valence-electron chi connectivity index (χ3n) is 8.11. The number of carbonyl (C=O) groups excluding carboxylic acids is 1. The topological polar surface area (TPSA) is 43.8 Å². The molecule has 2 saturated heterocycles. The molecule has 0 radical (unpaired) electrons. The molecule has 2 aromatic carbocycles. The van der Waals surface area contributed by atoms with Gasteiger partial charge in [-0.15, -0.1) is 0 Å². The van der Waals surface area contributed by atoms with Gasteiger partial charge in [0.25, 0.3) is 5.91 Å². The lowest BCUT2D eigenvalue weighted by molar-refractivity contribution is -0.0315. The minimum Gasteiger partial charge on any atom is -0.390 e. The van der Waals surface area contributed by atoms with E-state index in [1.807, 2.05) is 11.0 Å². The highest BCUT2D eigenvalue weighted by molar-refractivity contribution is 7.08. The maximum Gasteiger partial charge on any atom is 0.255 e. The number of hydrogen-bond donors (Lipinski definition) is 1. The number of thiophene rings is 1. The SMILES string of the molecule is O=C(c1cccc(Cl)c1Cl)N1CC(CN2CCC(O)(CCCc3ccccc3)CC2)C(c2ccsc2)C1. The monoisotopic (exact) mass is 556 g/mol. The fourth-order valence-electron chi connectivity index (χ4n) is 5.92. The first-order chi connectivity index (χ1) is 17.9. The Morgan fingerprint density at radius 2 is 1.81 bits per heavy atom. The fraction of sp³-hybridized carbons (Fsp3) is 0.433. The van der Waals surface area contributed by atoms with Crippen LogP contribution in [0.4, 0.5) is 0 Å². The van der Waals surface area contributed by atoms with Crippen LogP contribution in [-0.2, 0) is 6.42 Å². The molecule has 5 rings (SSSR count). The third-order valence-corrected chi connectivity index (χ3v) is 9.63. The molecule has 3 heterocycles. The molecule has 1 N–H and O–H groups in total. The van der Waals surface area contributed by atoms with E-state index >= 15 is 0 Å². The highest BCUT2D eigenvalue weighted by atomic mass is 35.5. The zero-order chi connectivity index (χ0) is 25.8. The van der Waals surface area contributed by atoms with E-state index in [0.717, 1.165) is 51.7 Å². The molecule has 196 valence electrons. The molecule has 2 fully saturated rings. The molecule has 0 spiro atoms. The summed E-state index contributed by atoms with van der Waals surface area (Å²) in [5, 5.41) is 16.3. The number of aliphatic hydroxyl groups is 1. The van der Waals surface area contributed by atoms with Gasteiger partial charge < -0.3 is 14.9 Å². The summed E-state index contributed by atoms with van der Waals surface area (Å²) < 4.78 is 0. The summed E-state index contributed by atoms with van der Waals surface area (Å²) >= 11 is 14.3. The average molecular weight is 558 g/mol. The Kier molecular flexibility index (Phi) is 8.57. The maximum atomic E-state index is 13.4. The number of rotatable bonds is 8. The molecule has 3 aromatic rings. The first-order valence-electron chi connectivity index (χ1n) is 13.2. The largest absolute Gasteiger partial charge is 0.390 e. The van der Waals surface area contributed by atoms with E-state index in [0.29, 0.717) is 40.5 Å². The number of piperidine rings is 1. The van der Waals surface area contributed by atoms with E-state index in [1.165, 1.54) is 11.1 Å². The van der Waals surface area contributed by atoms with Crippen LogP contribution >= 0.6 is 34.5 Å². The number of likely N-dealkylation sites (tertiary alicyclic amines) is 2. The molecule has 0 bridgehead atoms. The predicted octanol–water partition coefficient (Wildman–Crippen LogP) is 6.76. The minimum atomic E-state index is -0.570. The summed E-state index contributed by atoms with van der Waals surface area (Å²) in [4.78, 5) is 17.8. The third kappa shape index (κ3) is 6.40. The molecule has 1 aromatic heterocycles. The smallest absolute Gasteiger partial charge is 0.255 e. The normalized spacial score (nSPS) is 21.9. The Labute approximate surface area is 233 Å². The van der Waals surface area contributed by atoms with Crippen molar-refractivity contribution >= 4 is 40.4 Å². The Morgan fingerprint density at radius 1 is 1.03 bits per heavy atom. The summed E-state index contributed by atoms with van der Waals surface area (Å²) in [7, 11) is 0. The molecule has 37 heavy (non-hydrogen) atoms. The Hall–Kier alpha value is -1.89. The van der Waals surface area contributed by atoms with Gasteiger partial charge in [0.05, 0.1) is 21.2 Å². The first-order valence-corrected chi connectivity index (χ1v) is 14.9. The van der Waals surface area contributed by atoms with Crippen molar-refractivity contribution in [3.05, 3.63) is 92.1 Å². The molecule has 2 aliphatic heterocycles. The van der Waals surface area contributed by atoms with Gasteiger partial charge >= 0.3 is 0 Å². The van der Waals surface area contributed by atoms with Crippen LogP contribution in [0.5, 0.6) is 0 Å². The molecular formula is C30H34Cl2N2O2S. The van der Waals surface area contributed by atoms with E-state index < -0.39 is 5.60 Å². The lowest BCUT2D eigenvalue weighted by Crippen LogP contribution is -2.46. The van der Waals surface area contributed by atoms with E-state index in [2.05, 4.69) is 46.0 Å². The molecule has 0 saturated carbocycles. The molecule has 1 amide bonds. The number of benzene rings is 2. The lowest BCUT2D eigenvalue weighted by Gasteiger charge is -2.39. The van der Waals surface area contributed by atoms with Crippen molar-refractivity contribution in [3.8, 4) is 0 Å². The number of amides is 1. The van der Waals surface area contributed by atoms with Gasteiger partial charge in [-0.3, -0.25) is 4.79 Å². The van der Waals surface area contributed by atoms with Crippen LogP contribution in [0.2, 0.25) is 10.0 Å². The molecular weight excluding hydrogens is 523 g/mol. The van der Waals surface area contributed by atoms with Crippen LogP contribution in [0.15, 0.2) is 65.4 Å². The van der Waals surface area contributed by atoms with Crippen molar-refractivity contribution in [1.29, 1.82) is 0 Å². The summed E-state index contributed by atoms with van der Waals surface area (Å²) in [6, 6.07) is 17.9. The predicted molar refractivity (Wildman–Crippen MR) is 153 cm³/mol. The van der Waals surface area contributed by atoms with Crippen molar-refractivity contribution in [1.82, 2.24) is 9.80 Å². The van der Waals surface area contributed by atoms with Gasteiger partial charge in [-0.05, 0) is 78.1 Å². The molecule has 4 nitrogen and oxygen atoms in total. The Balaban J connectivity index is 1.19. The van der Waals surface area contributed by atoms with Crippen LogP contribution in [0.3, 0.4) is 0 Å². The van der Waals surface area contributed by atoms with Crippen molar-refractivity contribution in [3.63, 3.8) is 0 Å². The zero-order valence-corrected chi connectivity index (χ0v) is 23.3. The van der Waals surface area contributed by atoms with Gasteiger partial charge in [0, 0.05) is 38.6 Å². The van der Waals surface area contributed by atoms with Crippen LogP contribution in [0, 0.1) is 5.92 Å². The van der Waals surface area contributed by atoms with E-state index in [9.17, 15) is 9.90 Å². The van der Waals surface area contributed by atoms with E-state index in [-0.39, 0.29) is 5.91 Å². The van der Waals surface area contributed by atoms with Crippen LogP contribution < -0.4 is 0 Å². The molecule has 2 atom stereocenters. The first kappa shape index (κ1) is 26.7. The van der Waals surface area contributed by atoms with E-state index in [1.54, 1.807) is 29.5 Å². The molecule has 7 heteroatoms. The highest BCUT2D eigenvalue weighted by Crippen LogP contribution is 2.37. The second-order valence-electron chi connectivity index (χ2n) is 10.6. The van der Waals surface area contributed by atoms with Gasteiger partial charge in [-0.2, -0.15) is 11.3 Å². The molecule has 0 aliphatic carbocycles. The van der Waals surface area contributed by atoms with Gasteiger partial charge in [-0.25, -0.2) is 0 Å². The second-order valence-corrected chi connectivity index (χ2v) is 12.2. The fourth-order valence-corrected chi connectivity index (χ4v) is 7.03. The van der Waals surface area contributed by atoms with Crippen molar-refractivity contribution < 1.29 is 9.90 Å². The van der Waals surface area contributed by atoms with Crippen molar-refractivity contribution in [2.45, 2.75) is 43.6 Å². The summed E-state index contributed by atoms with van der Waals surface area (Å²) in [6.45, 7) is 4.08. The van der Waals surface area contributed by atoms with Gasteiger partial charge in [0.2, 0.25) is 0 Å². The van der Waals surface area contributed by atoms with Crippen LogP contribution in [0.25, 0.3) is 0 Å². The average Bonchev–Trinajstić information content (AvgIpc) is 3.58. The quantitative estimate of drug-likeness (QED) is 0.333. The number of nitrogens with zero attached hydrogens (tertiary/aromatic N) is 2. The standard InChI is InChI=1S/C30H34Cl2N2O2S/c31-27-10-4-9-25(28(27)32)29(35)34-19-24(26(20-34)23-11-17-37-21-23)18-33-15-13-30(36,14-16-33)12-5-8-22-6-2-1-3-7-22/h1-4,6-7,9-11,17,21,24,26,36H,5,8,12-16,18-20H2. The van der Waals surface area contributed by atoms with Crippen LogP contribution in [-0.4, -0.2) is 59.1 Å². The number of hydrogen-bond acceptors (Lipinski definition) is 4. The van der Waals surface area contributed by atoms with E-state index in [4.69, 9.17) is 23.2 Å². The Morgan fingerprint density at radius 3 is 2.54 bits per heavy atom. The summed E-state index contributed by atoms with van der Waals surface area (Å²) in [6.07, 6.45) is 4.47. The minimum absolute atomic E-state index is 0.0540. The summed E-state index contributed by atoms with van der Waals surface area (Å²) in [5.41, 5.74) is 2.54. The number of halogens is 2. The molecule has 2 unspecified atom stereocenters. The summed E-state index contributed by atoms with van der Waals surface area (Å²) in [5.74, 6) is 0.572. The van der Waals surface area contributed by atoms with Gasteiger partial charge in [0.1, 0.15) is 0 Å². The Bertz CT molecular complexity index is 1180. The second kappa shape index (κ2) is 11.9. The zero-order valence-electron chi connectivity index (χ0n) is 21.0. The number of carbonyl (C=O) groups is 1. The highest BCUT2D eigenvalue weighted by Gasteiger charge is 2.39. The molecule has 2 aliphatic rings. The van der Waals surface area contributed by atoms with Crippen molar-refractivity contribution in [2.24, 2.45) is 5.92 Å². The maximum absolute atomic E-state index is 13.4. The van der Waals surface area contributed by atoms with Gasteiger partial charge in [0.15, 0.2) is 0 Å². The number of aryl methyl sites for hydroxylation is 1. The van der Waals surface area contributed by atoms with Crippen LogP contribution in [0.1, 0.15) is 53.1 Å². The van der Waals surface area contributed by atoms with Crippen molar-refractivity contribution in [2.75, 3.05) is 32.7 Å².